The molecule has 0 aliphatic heterocycles. The van der Waals surface area contributed by atoms with E-state index in [1.165, 1.54) is 6.33 Å². The Hall–Kier alpha value is -2.17. The van der Waals surface area contributed by atoms with Gasteiger partial charge in [-0.15, -0.1) is 0 Å². The molecule has 112 valence electrons. The lowest BCUT2D eigenvalue weighted by atomic mass is 10.1. The van der Waals surface area contributed by atoms with E-state index in [0.29, 0.717) is 25.3 Å². The maximum Gasteiger partial charge on any atom is 0.186 e. The topological polar surface area (TPSA) is 47.0 Å². The number of halogens is 1. The fourth-order valence-corrected chi connectivity index (χ4v) is 2.05. The van der Waals surface area contributed by atoms with E-state index in [4.69, 9.17) is 4.74 Å². The normalized spacial score (nSPS) is 10.5. The van der Waals surface area contributed by atoms with Gasteiger partial charge in [-0.25, -0.2) is 14.4 Å². The number of benzene rings is 1. The standard InChI is InChI=1S/C16H20FN3O/c1-4-13-15(17)16(20-10-19-13)18-9-12-7-6-11(3)8-14(12)21-5-2/h6-8,10H,4-5,9H2,1-3H3,(H,18,19,20). The number of ether oxygens (including phenoxy) is 1. The molecule has 1 aromatic carbocycles. The Balaban J connectivity index is 2.16. The molecule has 0 unspecified atom stereocenters. The number of hydrogen-bond donors (Lipinski definition) is 1. The van der Waals surface area contributed by atoms with Crippen LogP contribution in [0.1, 0.15) is 30.7 Å². The number of aryl methyl sites for hydroxylation is 2. The summed E-state index contributed by atoms with van der Waals surface area (Å²) in [5.74, 6) is 0.658. The quantitative estimate of drug-likeness (QED) is 0.884. The lowest BCUT2D eigenvalue weighted by Gasteiger charge is -2.13. The van der Waals surface area contributed by atoms with Gasteiger partial charge >= 0.3 is 0 Å². The Morgan fingerprint density at radius 3 is 2.76 bits per heavy atom. The summed E-state index contributed by atoms with van der Waals surface area (Å²) < 4.78 is 19.7. The van der Waals surface area contributed by atoms with Gasteiger partial charge in [0.05, 0.1) is 12.3 Å². The number of hydrogen-bond acceptors (Lipinski definition) is 4. The second-order valence-corrected chi connectivity index (χ2v) is 4.73. The van der Waals surface area contributed by atoms with Crippen molar-refractivity contribution in [1.82, 2.24) is 9.97 Å². The van der Waals surface area contributed by atoms with Crippen LogP contribution in [0, 0.1) is 12.7 Å². The molecule has 0 aliphatic rings. The number of nitrogens with zero attached hydrogens (tertiary/aromatic N) is 2. The fraction of sp³-hybridized carbons (Fsp3) is 0.375. The molecule has 1 aromatic heterocycles. The van der Waals surface area contributed by atoms with Gasteiger partial charge in [0.2, 0.25) is 0 Å². The van der Waals surface area contributed by atoms with Gasteiger partial charge in [0.25, 0.3) is 0 Å². The van der Waals surface area contributed by atoms with Crippen LogP contribution < -0.4 is 10.1 Å². The molecule has 0 amide bonds. The van der Waals surface area contributed by atoms with E-state index in [0.717, 1.165) is 16.9 Å². The zero-order valence-electron chi connectivity index (χ0n) is 12.6. The summed E-state index contributed by atoms with van der Waals surface area (Å²) in [5, 5.41) is 3.02. The highest BCUT2D eigenvalue weighted by Crippen LogP contribution is 2.22. The Bertz CT molecular complexity index is 616. The number of nitrogens with one attached hydrogen (secondary N) is 1. The number of anilines is 1. The van der Waals surface area contributed by atoms with Crippen LogP contribution in [0.2, 0.25) is 0 Å². The van der Waals surface area contributed by atoms with Gasteiger partial charge in [-0.05, 0) is 31.9 Å². The molecule has 0 bridgehead atoms. The molecule has 1 N–H and O–H groups in total. The van der Waals surface area contributed by atoms with Crippen LogP contribution in [0.25, 0.3) is 0 Å². The van der Waals surface area contributed by atoms with Crippen molar-refractivity contribution < 1.29 is 9.13 Å². The van der Waals surface area contributed by atoms with Gasteiger partial charge in [-0.2, -0.15) is 0 Å². The van der Waals surface area contributed by atoms with Crippen molar-refractivity contribution in [2.45, 2.75) is 33.7 Å². The lowest BCUT2D eigenvalue weighted by molar-refractivity contribution is 0.336. The number of aromatic nitrogens is 2. The summed E-state index contributed by atoms with van der Waals surface area (Å²) in [5.41, 5.74) is 2.52. The molecule has 0 spiro atoms. The molecule has 0 saturated carbocycles. The van der Waals surface area contributed by atoms with Crippen LogP contribution in [0.3, 0.4) is 0 Å². The SMILES string of the molecule is CCOc1cc(C)ccc1CNc1ncnc(CC)c1F. The third-order valence-electron chi connectivity index (χ3n) is 3.17. The summed E-state index contributed by atoms with van der Waals surface area (Å²) in [7, 11) is 0. The van der Waals surface area contributed by atoms with Crippen LogP contribution in [-0.2, 0) is 13.0 Å². The highest BCUT2D eigenvalue weighted by Gasteiger charge is 2.10. The maximum atomic E-state index is 14.1. The molecular formula is C16H20FN3O. The zero-order valence-corrected chi connectivity index (χ0v) is 12.6. The highest BCUT2D eigenvalue weighted by atomic mass is 19.1. The van der Waals surface area contributed by atoms with E-state index in [1.54, 1.807) is 0 Å². The van der Waals surface area contributed by atoms with Gasteiger partial charge in [0, 0.05) is 12.1 Å². The largest absolute Gasteiger partial charge is 0.494 e. The van der Waals surface area contributed by atoms with E-state index < -0.39 is 0 Å². The maximum absolute atomic E-state index is 14.1. The van der Waals surface area contributed by atoms with Crippen molar-refractivity contribution in [2.75, 3.05) is 11.9 Å². The molecule has 1 heterocycles. The predicted octanol–water partition coefficient (Wildman–Crippen LogP) is 3.50. The molecule has 2 rings (SSSR count). The molecule has 0 saturated heterocycles. The first-order chi connectivity index (χ1) is 10.2. The third-order valence-corrected chi connectivity index (χ3v) is 3.17. The van der Waals surface area contributed by atoms with Gasteiger partial charge in [-0.3, -0.25) is 0 Å². The first-order valence-corrected chi connectivity index (χ1v) is 7.11. The second kappa shape index (κ2) is 7.02. The molecule has 0 aliphatic carbocycles. The first kappa shape index (κ1) is 15.2. The Labute approximate surface area is 124 Å². The molecule has 0 atom stereocenters. The molecule has 0 radical (unpaired) electrons. The van der Waals surface area contributed by atoms with E-state index >= 15 is 0 Å². The Morgan fingerprint density at radius 2 is 2.05 bits per heavy atom. The number of rotatable bonds is 6. The summed E-state index contributed by atoms with van der Waals surface area (Å²) in [6, 6.07) is 5.97. The van der Waals surface area contributed by atoms with Crippen molar-refractivity contribution in [3.8, 4) is 5.75 Å². The van der Waals surface area contributed by atoms with Crippen molar-refractivity contribution in [3.63, 3.8) is 0 Å². The van der Waals surface area contributed by atoms with Crippen LogP contribution >= 0.6 is 0 Å². The second-order valence-electron chi connectivity index (χ2n) is 4.73. The monoisotopic (exact) mass is 289 g/mol. The van der Waals surface area contributed by atoms with Crippen LogP contribution in [0.5, 0.6) is 5.75 Å². The van der Waals surface area contributed by atoms with Crippen LogP contribution in [0.15, 0.2) is 24.5 Å². The smallest absolute Gasteiger partial charge is 0.186 e. The molecule has 4 nitrogen and oxygen atoms in total. The van der Waals surface area contributed by atoms with E-state index in [-0.39, 0.29) is 11.6 Å². The summed E-state index contributed by atoms with van der Waals surface area (Å²) in [6.07, 6.45) is 1.92. The van der Waals surface area contributed by atoms with Gasteiger partial charge in [0.15, 0.2) is 11.6 Å². The first-order valence-electron chi connectivity index (χ1n) is 7.11. The zero-order chi connectivity index (χ0) is 15.2. The van der Waals surface area contributed by atoms with Crippen molar-refractivity contribution in [2.24, 2.45) is 0 Å². The highest BCUT2D eigenvalue weighted by molar-refractivity contribution is 5.42. The average Bonchev–Trinajstić information content (AvgIpc) is 2.48. The van der Waals surface area contributed by atoms with Crippen molar-refractivity contribution in [1.29, 1.82) is 0 Å². The average molecular weight is 289 g/mol. The predicted molar refractivity (Wildman–Crippen MR) is 81.0 cm³/mol. The molecular weight excluding hydrogens is 269 g/mol. The van der Waals surface area contributed by atoms with E-state index in [9.17, 15) is 4.39 Å². The molecule has 5 heteroatoms. The van der Waals surface area contributed by atoms with Crippen LogP contribution in [-0.4, -0.2) is 16.6 Å². The summed E-state index contributed by atoms with van der Waals surface area (Å²) in [4.78, 5) is 7.88. The van der Waals surface area contributed by atoms with Gasteiger partial charge in [0.1, 0.15) is 12.1 Å². The minimum absolute atomic E-state index is 0.227. The summed E-state index contributed by atoms with van der Waals surface area (Å²) in [6.45, 7) is 6.86. The molecule has 0 fully saturated rings. The lowest BCUT2D eigenvalue weighted by Crippen LogP contribution is -2.08. The molecule has 21 heavy (non-hydrogen) atoms. The van der Waals surface area contributed by atoms with Crippen molar-refractivity contribution >= 4 is 5.82 Å². The van der Waals surface area contributed by atoms with Gasteiger partial charge < -0.3 is 10.1 Å². The van der Waals surface area contributed by atoms with Crippen LogP contribution in [0.4, 0.5) is 10.2 Å². The van der Waals surface area contributed by atoms with E-state index in [1.807, 2.05) is 39.0 Å². The minimum atomic E-state index is -0.384. The van der Waals surface area contributed by atoms with E-state index in [2.05, 4.69) is 15.3 Å². The summed E-state index contributed by atoms with van der Waals surface area (Å²) >= 11 is 0. The minimum Gasteiger partial charge on any atom is -0.494 e. The third kappa shape index (κ3) is 3.68. The van der Waals surface area contributed by atoms with Gasteiger partial charge in [-0.1, -0.05) is 19.1 Å². The van der Waals surface area contributed by atoms with Crippen molar-refractivity contribution in [3.05, 3.63) is 47.2 Å². The molecule has 2 aromatic rings. The Morgan fingerprint density at radius 1 is 1.24 bits per heavy atom. The fourth-order valence-electron chi connectivity index (χ4n) is 2.05. The Kier molecular flexibility index (Phi) is 5.09.